The molecule has 2 heterocycles. The number of aromatic nitrogens is 2. The number of anilines is 2. The highest BCUT2D eigenvalue weighted by atomic mass is 14.9. The molecule has 0 aliphatic carbocycles. The summed E-state index contributed by atoms with van der Waals surface area (Å²) in [4.78, 5) is 8.07. The van der Waals surface area contributed by atoms with Crippen molar-refractivity contribution < 1.29 is 0 Å². The number of hydrogen-bond donors (Lipinski definition) is 2. The standard InChI is InChI=1S/C39H37N3/c1-6-10-11-16-28(8-3)32-26-37(27(5)25-33(32)35-17-12-13-23-40-35)42-36-22-20-29(9-4)38-31(34-18-14-24-41-34)21-19-30(15-7-2)39(36)38/h3,6,9-14,16-26,28,41-42H,4,7,15H2,1-2,5H3/b10-6-,16-11-. The van der Waals surface area contributed by atoms with E-state index in [2.05, 4.69) is 90.2 Å². The van der Waals surface area contributed by atoms with Gasteiger partial charge in [0, 0.05) is 51.4 Å². The van der Waals surface area contributed by atoms with E-state index in [1.165, 1.54) is 16.3 Å². The van der Waals surface area contributed by atoms with E-state index in [-0.39, 0.29) is 5.92 Å². The fraction of sp³-hybridized carbons (Fsp3) is 0.154. The average Bonchev–Trinajstić information content (AvgIpc) is 3.56. The van der Waals surface area contributed by atoms with Crippen molar-refractivity contribution in [2.45, 2.75) is 39.5 Å². The Morgan fingerprint density at radius 2 is 1.88 bits per heavy atom. The van der Waals surface area contributed by atoms with Crippen molar-refractivity contribution in [3.63, 3.8) is 0 Å². The zero-order chi connectivity index (χ0) is 29.5. The van der Waals surface area contributed by atoms with Crippen LogP contribution in [0.15, 0.2) is 110 Å². The van der Waals surface area contributed by atoms with Gasteiger partial charge < -0.3 is 10.3 Å². The molecule has 0 spiro atoms. The Balaban J connectivity index is 1.72. The summed E-state index contributed by atoms with van der Waals surface area (Å²) in [5.74, 6) is 2.79. The quantitative estimate of drug-likeness (QED) is 0.135. The fourth-order valence-electron chi connectivity index (χ4n) is 5.61. The van der Waals surface area contributed by atoms with Crippen molar-refractivity contribution in [2.24, 2.45) is 0 Å². The van der Waals surface area contributed by atoms with Gasteiger partial charge in [0.25, 0.3) is 0 Å². The van der Waals surface area contributed by atoms with Crippen molar-refractivity contribution in [3.8, 4) is 34.9 Å². The van der Waals surface area contributed by atoms with E-state index in [1.807, 2.05) is 67.9 Å². The molecule has 2 N–H and O–H groups in total. The summed E-state index contributed by atoms with van der Waals surface area (Å²) in [5.41, 5.74) is 10.9. The van der Waals surface area contributed by atoms with Crippen LogP contribution < -0.4 is 5.32 Å². The van der Waals surface area contributed by atoms with Gasteiger partial charge in [0.05, 0.1) is 11.6 Å². The maximum absolute atomic E-state index is 6.12. The molecule has 0 fully saturated rings. The Kier molecular flexibility index (Phi) is 8.85. The minimum absolute atomic E-state index is 0.214. The number of H-pyrrole nitrogens is 1. The minimum Gasteiger partial charge on any atom is -0.361 e. The molecule has 0 saturated heterocycles. The molecule has 3 heteroatoms. The van der Waals surface area contributed by atoms with Crippen LogP contribution in [0.5, 0.6) is 0 Å². The molecule has 42 heavy (non-hydrogen) atoms. The molecule has 208 valence electrons. The molecule has 5 aromatic rings. The van der Waals surface area contributed by atoms with E-state index in [9.17, 15) is 0 Å². The monoisotopic (exact) mass is 547 g/mol. The van der Waals surface area contributed by atoms with Gasteiger partial charge in [0.15, 0.2) is 0 Å². The lowest BCUT2D eigenvalue weighted by Crippen LogP contribution is -2.03. The first kappa shape index (κ1) is 28.5. The summed E-state index contributed by atoms with van der Waals surface area (Å²) in [6.07, 6.45) is 22.0. The molecule has 0 amide bonds. The van der Waals surface area contributed by atoms with E-state index in [0.717, 1.165) is 63.4 Å². The number of nitrogens with one attached hydrogen (secondary N) is 2. The molecule has 2 aromatic heterocycles. The maximum Gasteiger partial charge on any atom is 0.0705 e. The molecule has 0 saturated carbocycles. The van der Waals surface area contributed by atoms with Crippen LogP contribution in [0, 0.1) is 19.3 Å². The number of fused-ring (bicyclic) bond motifs is 1. The van der Waals surface area contributed by atoms with E-state index in [0.29, 0.717) is 0 Å². The van der Waals surface area contributed by atoms with Crippen molar-refractivity contribution in [2.75, 3.05) is 5.32 Å². The summed E-state index contributed by atoms with van der Waals surface area (Å²) in [6.45, 7) is 10.5. The van der Waals surface area contributed by atoms with Crippen LogP contribution in [0.1, 0.15) is 48.4 Å². The molecule has 1 atom stereocenters. The summed E-state index contributed by atoms with van der Waals surface area (Å²) in [7, 11) is 0. The lowest BCUT2D eigenvalue weighted by Gasteiger charge is -2.21. The second-order valence-corrected chi connectivity index (χ2v) is 10.4. The summed E-state index contributed by atoms with van der Waals surface area (Å²) >= 11 is 0. The second kappa shape index (κ2) is 13.1. The first-order valence-corrected chi connectivity index (χ1v) is 14.5. The zero-order valence-corrected chi connectivity index (χ0v) is 24.6. The van der Waals surface area contributed by atoms with Crippen molar-refractivity contribution in [1.29, 1.82) is 0 Å². The Labute approximate surface area is 249 Å². The molecule has 3 aromatic carbocycles. The summed E-state index contributed by atoms with van der Waals surface area (Å²) in [6, 6.07) is 23.4. The first-order chi connectivity index (χ1) is 20.6. The van der Waals surface area contributed by atoms with Crippen LogP contribution >= 0.6 is 0 Å². The van der Waals surface area contributed by atoms with Crippen LogP contribution in [0.2, 0.25) is 0 Å². The zero-order valence-electron chi connectivity index (χ0n) is 24.6. The SMILES string of the molecule is C#CC(/C=C\C=C/C)c1cc(Nc2ccc(C=C)c3c(-c4ccc[nH]4)ccc(CCC)c23)c(C)cc1-c1ccccn1. The van der Waals surface area contributed by atoms with Crippen LogP contribution in [0.25, 0.3) is 39.4 Å². The van der Waals surface area contributed by atoms with Crippen molar-refractivity contribution in [3.05, 3.63) is 132 Å². The molecule has 0 radical (unpaired) electrons. The van der Waals surface area contributed by atoms with Crippen LogP contribution in [-0.4, -0.2) is 9.97 Å². The lowest BCUT2D eigenvalue weighted by molar-refractivity contribution is 0.930. The number of aromatic amines is 1. The number of terminal acetylenes is 1. The number of hydrogen-bond acceptors (Lipinski definition) is 2. The minimum atomic E-state index is -0.214. The van der Waals surface area contributed by atoms with Gasteiger partial charge in [0.1, 0.15) is 0 Å². The van der Waals surface area contributed by atoms with E-state index in [1.54, 1.807) is 0 Å². The van der Waals surface area contributed by atoms with Crippen LogP contribution in [0.3, 0.4) is 0 Å². The van der Waals surface area contributed by atoms with Gasteiger partial charge in [0.2, 0.25) is 0 Å². The fourth-order valence-corrected chi connectivity index (χ4v) is 5.61. The highest BCUT2D eigenvalue weighted by Crippen LogP contribution is 2.41. The third kappa shape index (κ3) is 5.71. The number of rotatable bonds is 10. The largest absolute Gasteiger partial charge is 0.361 e. The van der Waals surface area contributed by atoms with E-state index < -0.39 is 0 Å². The number of nitrogens with zero attached hydrogens (tertiary/aromatic N) is 1. The second-order valence-electron chi connectivity index (χ2n) is 10.4. The van der Waals surface area contributed by atoms with Gasteiger partial charge in [-0.1, -0.05) is 80.5 Å². The molecular weight excluding hydrogens is 510 g/mol. The third-order valence-electron chi connectivity index (χ3n) is 7.64. The number of pyridine rings is 1. The maximum atomic E-state index is 6.12. The average molecular weight is 548 g/mol. The summed E-state index contributed by atoms with van der Waals surface area (Å²) < 4.78 is 0. The Morgan fingerprint density at radius 1 is 1.00 bits per heavy atom. The molecule has 5 rings (SSSR count). The van der Waals surface area contributed by atoms with Crippen LogP contribution in [0.4, 0.5) is 11.4 Å². The normalized spacial score (nSPS) is 12.1. The number of aryl methyl sites for hydroxylation is 2. The van der Waals surface area contributed by atoms with Crippen LogP contribution in [-0.2, 0) is 6.42 Å². The predicted octanol–water partition coefficient (Wildman–Crippen LogP) is 10.4. The molecule has 0 aliphatic rings. The predicted molar refractivity (Wildman–Crippen MR) is 181 cm³/mol. The Bertz CT molecular complexity index is 1800. The lowest BCUT2D eigenvalue weighted by atomic mass is 9.89. The molecule has 0 aliphatic heterocycles. The third-order valence-corrected chi connectivity index (χ3v) is 7.64. The molecule has 0 bridgehead atoms. The smallest absolute Gasteiger partial charge is 0.0705 e. The number of benzene rings is 3. The van der Waals surface area contributed by atoms with Gasteiger partial charge in [-0.2, -0.15) is 0 Å². The van der Waals surface area contributed by atoms with Gasteiger partial charge in [-0.25, -0.2) is 0 Å². The molecule has 3 nitrogen and oxygen atoms in total. The van der Waals surface area contributed by atoms with Crippen molar-refractivity contribution in [1.82, 2.24) is 9.97 Å². The van der Waals surface area contributed by atoms with Gasteiger partial charge in [-0.15, -0.1) is 6.42 Å². The van der Waals surface area contributed by atoms with Crippen molar-refractivity contribution >= 4 is 28.2 Å². The highest BCUT2D eigenvalue weighted by Gasteiger charge is 2.19. The van der Waals surface area contributed by atoms with E-state index >= 15 is 0 Å². The van der Waals surface area contributed by atoms with Gasteiger partial charge in [-0.3, -0.25) is 4.98 Å². The van der Waals surface area contributed by atoms with Gasteiger partial charge in [-0.05, 0) is 85.0 Å². The molecular formula is C39H37N3. The topological polar surface area (TPSA) is 40.7 Å². The number of allylic oxidation sites excluding steroid dienone is 4. The molecule has 1 unspecified atom stereocenters. The summed E-state index contributed by atoms with van der Waals surface area (Å²) in [5, 5.41) is 6.25. The highest BCUT2D eigenvalue weighted by molar-refractivity contribution is 6.09. The Morgan fingerprint density at radius 3 is 2.57 bits per heavy atom. The Hall–Kier alpha value is -5.07. The first-order valence-electron chi connectivity index (χ1n) is 14.5. The van der Waals surface area contributed by atoms with Gasteiger partial charge >= 0.3 is 0 Å². The van der Waals surface area contributed by atoms with E-state index in [4.69, 9.17) is 6.42 Å².